The van der Waals surface area contributed by atoms with Gasteiger partial charge >= 0.3 is 11.9 Å². The summed E-state index contributed by atoms with van der Waals surface area (Å²) in [6.45, 7) is 4.32. The molecule has 0 saturated heterocycles. The quantitative estimate of drug-likeness (QED) is 0.298. The molecular weight excluding hydrogens is 480 g/mol. The monoisotopic (exact) mass is 504 g/mol. The number of carbonyl (C=O) groups excluding carboxylic acids is 1. The zero-order chi connectivity index (χ0) is 26.2. The molecule has 0 amide bonds. The van der Waals surface area contributed by atoms with Gasteiger partial charge in [0.1, 0.15) is 17.8 Å². The zero-order valence-electron chi connectivity index (χ0n) is 20.0. The fraction of sp³-hybridized carbons (Fsp3) is 0.296. The Kier molecular flexibility index (Phi) is 8.83. The van der Waals surface area contributed by atoms with Gasteiger partial charge in [0.05, 0.1) is 30.0 Å². The molecule has 0 atom stereocenters. The van der Waals surface area contributed by atoms with Crippen LogP contribution >= 0.6 is 11.6 Å². The van der Waals surface area contributed by atoms with Crippen LogP contribution in [0.2, 0.25) is 5.15 Å². The van der Waals surface area contributed by atoms with Crippen LogP contribution in [-0.4, -0.2) is 26.6 Å². The number of halogens is 1. The number of carbonyl (C=O) groups is 2. The van der Waals surface area contributed by atoms with Crippen LogP contribution in [0.25, 0.3) is 11.1 Å². The average molecular weight is 505 g/mol. The molecule has 0 fully saturated rings. The topological polar surface area (TPSA) is 129 Å². The van der Waals surface area contributed by atoms with E-state index in [-0.39, 0.29) is 24.6 Å². The number of nitrogens with zero attached hydrogens (tertiary/aromatic N) is 4. The van der Waals surface area contributed by atoms with Crippen molar-refractivity contribution in [3.63, 3.8) is 0 Å². The van der Waals surface area contributed by atoms with Gasteiger partial charge < -0.3 is 14.4 Å². The number of rotatable bonds is 10. The van der Waals surface area contributed by atoms with Gasteiger partial charge in [0.25, 0.3) is 0 Å². The number of esters is 1. The van der Waals surface area contributed by atoms with E-state index in [9.17, 15) is 14.9 Å². The minimum absolute atomic E-state index is 0.120. The molecule has 3 aromatic rings. The second kappa shape index (κ2) is 12.0. The van der Waals surface area contributed by atoms with E-state index < -0.39 is 11.9 Å². The molecule has 3 rings (SSSR count). The molecule has 0 bridgehead atoms. The van der Waals surface area contributed by atoms with Crippen molar-refractivity contribution in [2.45, 2.75) is 52.7 Å². The van der Waals surface area contributed by atoms with Gasteiger partial charge in [-0.25, -0.2) is 4.98 Å². The maximum atomic E-state index is 11.8. The van der Waals surface area contributed by atoms with Crippen LogP contribution in [0.4, 0.5) is 0 Å². The third-order valence-electron chi connectivity index (χ3n) is 5.77. The van der Waals surface area contributed by atoms with Crippen LogP contribution < -0.4 is 0 Å². The van der Waals surface area contributed by atoms with Gasteiger partial charge in [-0.3, -0.25) is 9.59 Å². The van der Waals surface area contributed by atoms with Crippen molar-refractivity contribution in [2.24, 2.45) is 0 Å². The summed E-state index contributed by atoms with van der Waals surface area (Å²) in [6.07, 6.45) is 2.66. The fourth-order valence-corrected chi connectivity index (χ4v) is 4.20. The molecule has 184 valence electrons. The van der Waals surface area contributed by atoms with Crippen molar-refractivity contribution in [1.29, 1.82) is 10.5 Å². The lowest BCUT2D eigenvalue weighted by Crippen LogP contribution is -2.10. The van der Waals surface area contributed by atoms with E-state index in [1.54, 1.807) is 24.4 Å². The third-order valence-corrected chi connectivity index (χ3v) is 6.11. The van der Waals surface area contributed by atoms with Crippen LogP contribution in [0, 0.1) is 29.6 Å². The Morgan fingerprint density at radius 3 is 2.50 bits per heavy atom. The highest BCUT2D eigenvalue weighted by molar-refractivity contribution is 6.30. The van der Waals surface area contributed by atoms with Crippen molar-refractivity contribution in [1.82, 2.24) is 9.55 Å². The molecule has 0 aliphatic carbocycles. The minimum atomic E-state index is -1.07. The number of carboxylic acid groups (broad SMARTS) is 1. The summed E-state index contributed by atoms with van der Waals surface area (Å²) in [5.41, 5.74) is 5.99. The Labute approximate surface area is 214 Å². The van der Waals surface area contributed by atoms with Crippen LogP contribution in [0.15, 0.2) is 36.5 Å². The molecule has 0 aliphatic heterocycles. The van der Waals surface area contributed by atoms with Gasteiger partial charge in [0.2, 0.25) is 0 Å². The molecule has 9 heteroatoms. The first-order valence-corrected chi connectivity index (χ1v) is 11.8. The molecule has 36 heavy (non-hydrogen) atoms. The second-order valence-corrected chi connectivity index (χ2v) is 8.63. The number of nitriles is 2. The maximum Gasteiger partial charge on any atom is 0.306 e. The van der Waals surface area contributed by atoms with Crippen molar-refractivity contribution < 1.29 is 19.4 Å². The van der Waals surface area contributed by atoms with E-state index in [1.807, 2.05) is 19.1 Å². The molecular formula is C27H25ClN4O4. The Morgan fingerprint density at radius 2 is 1.89 bits per heavy atom. The van der Waals surface area contributed by atoms with Crippen LogP contribution in [0.5, 0.6) is 0 Å². The van der Waals surface area contributed by atoms with E-state index in [0.717, 1.165) is 34.5 Å². The molecule has 0 spiro atoms. The minimum Gasteiger partial charge on any atom is -0.481 e. The van der Waals surface area contributed by atoms with E-state index in [4.69, 9.17) is 26.7 Å². The number of carboxylic acids is 1. The number of hydrogen-bond donors (Lipinski definition) is 1. The second-order valence-electron chi connectivity index (χ2n) is 8.27. The Morgan fingerprint density at radius 1 is 1.17 bits per heavy atom. The Hall–Kier alpha value is -4.14. The SMILES string of the molecule is CCCc1c(C#N)c(-c2ccc(C#N)cc2)c(C)n1Cc1cnc(Cl)c(COC(=O)CCC(=O)O)c1. The molecule has 0 unspecified atom stereocenters. The largest absolute Gasteiger partial charge is 0.481 e. The molecule has 0 radical (unpaired) electrons. The van der Waals surface area contributed by atoms with Gasteiger partial charge in [-0.15, -0.1) is 0 Å². The van der Waals surface area contributed by atoms with Crippen LogP contribution in [0.1, 0.15) is 59.8 Å². The molecule has 8 nitrogen and oxygen atoms in total. The van der Waals surface area contributed by atoms with Gasteiger partial charge in [-0.1, -0.05) is 37.1 Å². The highest BCUT2D eigenvalue weighted by Gasteiger charge is 2.21. The summed E-state index contributed by atoms with van der Waals surface area (Å²) < 4.78 is 7.25. The summed E-state index contributed by atoms with van der Waals surface area (Å²) >= 11 is 6.21. The lowest BCUT2D eigenvalue weighted by Gasteiger charge is -2.13. The first-order valence-electron chi connectivity index (χ1n) is 11.4. The molecule has 2 aromatic heterocycles. The van der Waals surface area contributed by atoms with E-state index in [0.29, 0.717) is 29.7 Å². The smallest absolute Gasteiger partial charge is 0.306 e. The number of aromatic nitrogens is 2. The number of hydrogen-bond acceptors (Lipinski definition) is 6. The number of benzene rings is 1. The predicted octanol–water partition coefficient (Wildman–Crippen LogP) is 5.16. The maximum absolute atomic E-state index is 11.8. The highest BCUT2D eigenvalue weighted by atomic mass is 35.5. The standard InChI is InChI=1S/C27H25ClN4O4/c1-3-4-23-22(13-30)26(20-7-5-18(12-29)6-8-20)17(2)32(23)15-19-11-21(27(28)31-14-19)16-36-25(35)10-9-24(33)34/h5-8,11,14H,3-4,9-10,15-16H2,1-2H3,(H,33,34). The lowest BCUT2D eigenvalue weighted by molar-refractivity contribution is -0.148. The molecule has 1 aromatic carbocycles. The zero-order valence-corrected chi connectivity index (χ0v) is 20.8. The molecule has 0 aliphatic rings. The number of pyridine rings is 1. The van der Waals surface area contributed by atoms with Gasteiger partial charge in [-0.05, 0) is 42.7 Å². The summed E-state index contributed by atoms with van der Waals surface area (Å²) in [7, 11) is 0. The van der Waals surface area contributed by atoms with Crippen molar-refractivity contribution in [2.75, 3.05) is 0 Å². The van der Waals surface area contributed by atoms with Crippen molar-refractivity contribution in [3.05, 3.63) is 75.3 Å². The highest BCUT2D eigenvalue weighted by Crippen LogP contribution is 2.34. The molecule has 2 heterocycles. The normalized spacial score (nSPS) is 10.5. The van der Waals surface area contributed by atoms with Gasteiger partial charge in [0.15, 0.2) is 0 Å². The van der Waals surface area contributed by atoms with Crippen molar-refractivity contribution >= 4 is 23.5 Å². The van der Waals surface area contributed by atoms with Crippen LogP contribution in [-0.2, 0) is 33.9 Å². The Balaban J connectivity index is 1.94. The van der Waals surface area contributed by atoms with Crippen molar-refractivity contribution in [3.8, 4) is 23.3 Å². The van der Waals surface area contributed by atoms with E-state index in [1.165, 1.54) is 0 Å². The fourth-order valence-electron chi connectivity index (χ4n) is 4.05. The number of aliphatic carboxylic acids is 1. The Bertz CT molecular complexity index is 1360. The number of ether oxygens (including phenoxy) is 1. The third kappa shape index (κ3) is 6.10. The molecule has 1 N–H and O–H groups in total. The van der Waals surface area contributed by atoms with Gasteiger partial charge in [-0.2, -0.15) is 10.5 Å². The van der Waals surface area contributed by atoms with E-state index in [2.05, 4.69) is 28.6 Å². The summed E-state index contributed by atoms with van der Waals surface area (Å²) in [4.78, 5) is 26.7. The lowest BCUT2D eigenvalue weighted by atomic mass is 9.99. The summed E-state index contributed by atoms with van der Waals surface area (Å²) in [5.74, 6) is -1.70. The van der Waals surface area contributed by atoms with E-state index >= 15 is 0 Å². The average Bonchev–Trinajstić information content (AvgIpc) is 3.13. The first-order chi connectivity index (χ1) is 17.3. The summed E-state index contributed by atoms with van der Waals surface area (Å²) in [5, 5.41) is 28.1. The van der Waals surface area contributed by atoms with Crippen LogP contribution in [0.3, 0.4) is 0 Å². The van der Waals surface area contributed by atoms with Gasteiger partial charge in [0, 0.05) is 35.3 Å². The predicted molar refractivity (Wildman–Crippen MR) is 133 cm³/mol. The summed E-state index contributed by atoms with van der Waals surface area (Å²) in [6, 6.07) is 13.5. The first kappa shape index (κ1) is 26.5. The molecule has 0 saturated carbocycles.